The lowest BCUT2D eigenvalue weighted by Gasteiger charge is -2.01. The van der Waals surface area contributed by atoms with Crippen molar-refractivity contribution in [2.45, 2.75) is 39.5 Å². The van der Waals surface area contributed by atoms with Gasteiger partial charge in [-0.15, -0.1) is 0 Å². The highest BCUT2D eigenvalue weighted by molar-refractivity contribution is 4.83. The van der Waals surface area contributed by atoms with Crippen molar-refractivity contribution in [3.8, 4) is 0 Å². The van der Waals surface area contributed by atoms with E-state index in [4.69, 9.17) is 0 Å². The zero-order chi connectivity index (χ0) is 8.10. The average molecular weight is 155 g/mol. The Morgan fingerprint density at radius 2 is 2.09 bits per heavy atom. The first-order chi connectivity index (χ1) is 5.34. The first kappa shape index (κ1) is 9.05. The van der Waals surface area contributed by atoms with E-state index >= 15 is 0 Å². The van der Waals surface area contributed by atoms with Crippen LogP contribution in [0, 0.1) is 11.8 Å². The van der Waals surface area contributed by atoms with Crippen LogP contribution in [-0.2, 0) is 0 Å². The smallest absolute Gasteiger partial charge is 0.00179 e. The van der Waals surface area contributed by atoms with E-state index in [0.717, 1.165) is 11.8 Å². The minimum atomic E-state index is 1.01. The highest BCUT2D eigenvalue weighted by Gasteiger charge is 2.31. The quantitative estimate of drug-likeness (QED) is 0.581. The van der Waals surface area contributed by atoms with Gasteiger partial charge < -0.3 is 5.32 Å². The van der Waals surface area contributed by atoms with Gasteiger partial charge in [0, 0.05) is 0 Å². The zero-order valence-corrected chi connectivity index (χ0v) is 7.90. The molecule has 0 saturated heterocycles. The summed E-state index contributed by atoms with van der Waals surface area (Å²) in [5, 5.41) is 3.51. The molecule has 0 bridgehead atoms. The minimum absolute atomic E-state index is 1.01. The molecule has 11 heavy (non-hydrogen) atoms. The maximum absolute atomic E-state index is 3.51. The first-order valence-electron chi connectivity index (χ1n) is 5.05. The van der Waals surface area contributed by atoms with E-state index < -0.39 is 0 Å². The van der Waals surface area contributed by atoms with E-state index in [2.05, 4.69) is 19.2 Å². The lowest BCUT2D eigenvalue weighted by molar-refractivity contribution is 0.576. The van der Waals surface area contributed by atoms with Gasteiger partial charge in [-0.1, -0.05) is 26.7 Å². The van der Waals surface area contributed by atoms with Gasteiger partial charge in [0.25, 0.3) is 0 Å². The molecule has 1 nitrogen and oxygen atoms in total. The second kappa shape index (κ2) is 4.76. The van der Waals surface area contributed by atoms with Crippen LogP contribution < -0.4 is 5.32 Å². The summed E-state index contributed by atoms with van der Waals surface area (Å²) in [6.07, 6.45) is 5.53. The summed E-state index contributed by atoms with van der Waals surface area (Å²) in [7, 11) is 0. The predicted octanol–water partition coefficient (Wildman–Crippen LogP) is 2.42. The van der Waals surface area contributed by atoms with E-state index in [1.807, 2.05) is 0 Å². The Bertz CT molecular complexity index is 101. The fraction of sp³-hybridized carbons (Fsp3) is 1.00. The minimum Gasteiger partial charge on any atom is -0.316 e. The lowest BCUT2D eigenvalue weighted by atomic mass is 10.2. The van der Waals surface area contributed by atoms with E-state index in [1.54, 1.807) is 0 Å². The summed E-state index contributed by atoms with van der Waals surface area (Å²) in [5.74, 6) is 2.02. The van der Waals surface area contributed by atoms with E-state index in [1.165, 1.54) is 38.8 Å². The number of hydrogen-bond acceptors (Lipinski definition) is 1. The van der Waals surface area contributed by atoms with Crippen LogP contribution in [0.3, 0.4) is 0 Å². The molecule has 2 unspecified atom stereocenters. The van der Waals surface area contributed by atoms with Crippen LogP contribution in [0.5, 0.6) is 0 Å². The molecule has 1 aliphatic carbocycles. The monoisotopic (exact) mass is 155 g/mol. The lowest BCUT2D eigenvalue weighted by Crippen LogP contribution is -2.18. The summed E-state index contributed by atoms with van der Waals surface area (Å²) < 4.78 is 0. The molecule has 0 radical (unpaired) electrons. The van der Waals surface area contributed by atoms with Crippen LogP contribution in [-0.4, -0.2) is 13.1 Å². The Labute approximate surface area is 70.6 Å². The highest BCUT2D eigenvalue weighted by Crippen LogP contribution is 2.36. The van der Waals surface area contributed by atoms with Gasteiger partial charge in [0.2, 0.25) is 0 Å². The fourth-order valence-corrected chi connectivity index (χ4v) is 1.47. The predicted molar refractivity (Wildman–Crippen MR) is 49.7 cm³/mol. The zero-order valence-electron chi connectivity index (χ0n) is 7.90. The molecule has 66 valence electrons. The summed E-state index contributed by atoms with van der Waals surface area (Å²) in [6, 6.07) is 0. The highest BCUT2D eigenvalue weighted by atomic mass is 14.9. The molecule has 1 N–H and O–H groups in total. The Morgan fingerprint density at radius 3 is 2.64 bits per heavy atom. The Balaban J connectivity index is 1.74. The Hall–Kier alpha value is -0.0400. The van der Waals surface area contributed by atoms with E-state index in [0.29, 0.717) is 0 Å². The summed E-state index contributed by atoms with van der Waals surface area (Å²) in [4.78, 5) is 0. The van der Waals surface area contributed by atoms with E-state index in [9.17, 15) is 0 Å². The van der Waals surface area contributed by atoms with Crippen LogP contribution in [0.2, 0.25) is 0 Å². The average Bonchev–Trinajstić information content (AvgIpc) is 2.67. The summed E-state index contributed by atoms with van der Waals surface area (Å²) >= 11 is 0. The van der Waals surface area contributed by atoms with Crippen molar-refractivity contribution < 1.29 is 0 Å². The van der Waals surface area contributed by atoms with Gasteiger partial charge >= 0.3 is 0 Å². The molecule has 0 spiro atoms. The molecule has 0 aromatic carbocycles. The van der Waals surface area contributed by atoms with Gasteiger partial charge in [0.05, 0.1) is 0 Å². The van der Waals surface area contributed by atoms with Crippen LogP contribution in [0.1, 0.15) is 39.5 Å². The standard InChI is InChI=1S/C10H21N/c1-3-4-5-6-11-8-10-7-9(10)2/h9-11H,3-8H2,1-2H3. The Kier molecular flexibility index (Phi) is 3.92. The number of unbranched alkanes of at least 4 members (excludes halogenated alkanes) is 2. The maximum Gasteiger partial charge on any atom is -0.00179 e. The number of rotatable bonds is 6. The molecule has 1 aliphatic rings. The van der Waals surface area contributed by atoms with Crippen molar-refractivity contribution in [2.75, 3.05) is 13.1 Å². The Morgan fingerprint density at radius 1 is 1.36 bits per heavy atom. The molecule has 1 fully saturated rings. The van der Waals surface area contributed by atoms with Gasteiger partial charge in [-0.2, -0.15) is 0 Å². The molecule has 0 aliphatic heterocycles. The molecule has 0 aromatic rings. The van der Waals surface area contributed by atoms with Crippen LogP contribution in [0.4, 0.5) is 0 Å². The maximum atomic E-state index is 3.51. The second-order valence-corrected chi connectivity index (χ2v) is 3.88. The molecule has 0 aromatic heterocycles. The van der Waals surface area contributed by atoms with Crippen molar-refractivity contribution in [1.82, 2.24) is 5.32 Å². The number of nitrogens with one attached hydrogen (secondary N) is 1. The van der Waals surface area contributed by atoms with Crippen molar-refractivity contribution in [3.05, 3.63) is 0 Å². The van der Waals surface area contributed by atoms with Gasteiger partial charge in [-0.05, 0) is 37.8 Å². The van der Waals surface area contributed by atoms with Crippen molar-refractivity contribution in [3.63, 3.8) is 0 Å². The third-order valence-electron chi connectivity index (χ3n) is 2.64. The van der Waals surface area contributed by atoms with Crippen LogP contribution >= 0.6 is 0 Å². The molecule has 1 rings (SSSR count). The topological polar surface area (TPSA) is 12.0 Å². The summed E-state index contributed by atoms with van der Waals surface area (Å²) in [5.41, 5.74) is 0. The van der Waals surface area contributed by atoms with Gasteiger partial charge in [-0.3, -0.25) is 0 Å². The van der Waals surface area contributed by atoms with Gasteiger partial charge in [0.15, 0.2) is 0 Å². The van der Waals surface area contributed by atoms with Gasteiger partial charge in [0.1, 0.15) is 0 Å². The second-order valence-electron chi connectivity index (χ2n) is 3.88. The third-order valence-corrected chi connectivity index (χ3v) is 2.64. The molecule has 0 heterocycles. The number of hydrogen-bond donors (Lipinski definition) is 1. The summed E-state index contributed by atoms with van der Waals surface area (Å²) in [6.45, 7) is 7.10. The third kappa shape index (κ3) is 3.76. The molecule has 1 saturated carbocycles. The van der Waals surface area contributed by atoms with Gasteiger partial charge in [-0.25, -0.2) is 0 Å². The normalized spacial score (nSPS) is 28.9. The first-order valence-corrected chi connectivity index (χ1v) is 5.05. The molecular formula is C10H21N. The van der Waals surface area contributed by atoms with Crippen molar-refractivity contribution >= 4 is 0 Å². The molecule has 2 atom stereocenters. The van der Waals surface area contributed by atoms with Crippen LogP contribution in [0.15, 0.2) is 0 Å². The largest absolute Gasteiger partial charge is 0.316 e. The molecular weight excluding hydrogens is 134 g/mol. The van der Waals surface area contributed by atoms with E-state index in [-0.39, 0.29) is 0 Å². The molecule has 1 heteroatoms. The SMILES string of the molecule is CCCCCNCC1CC1C. The fourth-order valence-electron chi connectivity index (χ4n) is 1.47. The van der Waals surface area contributed by atoms with Crippen LogP contribution in [0.25, 0.3) is 0 Å². The van der Waals surface area contributed by atoms with Crippen molar-refractivity contribution in [2.24, 2.45) is 11.8 Å². The molecule has 0 amide bonds. The van der Waals surface area contributed by atoms with Crippen molar-refractivity contribution in [1.29, 1.82) is 0 Å².